The second kappa shape index (κ2) is 8.87. The predicted octanol–water partition coefficient (Wildman–Crippen LogP) is 5.73. The fourth-order valence-electron chi connectivity index (χ4n) is 4.05. The summed E-state index contributed by atoms with van der Waals surface area (Å²) in [4.78, 5) is 27.4. The van der Waals surface area contributed by atoms with Gasteiger partial charge >= 0.3 is 0 Å². The summed E-state index contributed by atoms with van der Waals surface area (Å²) in [6.45, 7) is 4.03. The molecule has 2 amide bonds. The SMILES string of the molecule is Cc1ccc(S(=O)(=O)n2cc(/C=C3\SC(=O)N(Cc4ccccc4C)C3=O)c3ccccc32)cc1. The number of thioether (sulfide) groups is 1. The number of nitrogens with zero attached hydrogens (tertiary/aromatic N) is 2. The third-order valence-electron chi connectivity index (χ3n) is 6.04. The third kappa shape index (κ3) is 4.19. The average molecular weight is 503 g/mol. The Balaban J connectivity index is 1.54. The summed E-state index contributed by atoms with van der Waals surface area (Å²) in [6.07, 6.45) is 3.11. The molecule has 0 N–H and O–H groups in total. The van der Waals surface area contributed by atoms with Gasteiger partial charge < -0.3 is 0 Å². The molecule has 6 nitrogen and oxygen atoms in total. The number of rotatable bonds is 5. The number of para-hydroxylation sites is 1. The minimum Gasteiger partial charge on any atom is -0.268 e. The molecule has 176 valence electrons. The van der Waals surface area contributed by atoms with E-state index in [1.54, 1.807) is 48.5 Å². The largest absolute Gasteiger partial charge is 0.293 e. The fourth-order valence-corrected chi connectivity index (χ4v) is 6.26. The van der Waals surface area contributed by atoms with E-state index < -0.39 is 10.0 Å². The molecule has 1 saturated heterocycles. The topological polar surface area (TPSA) is 76.5 Å². The van der Waals surface area contributed by atoms with Crippen molar-refractivity contribution >= 4 is 49.9 Å². The molecule has 0 bridgehead atoms. The van der Waals surface area contributed by atoms with Gasteiger partial charge in [0.25, 0.3) is 21.2 Å². The van der Waals surface area contributed by atoms with E-state index in [0.717, 1.165) is 28.5 Å². The van der Waals surface area contributed by atoms with Gasteiger partial charge in [-0.3, -0.25) is 14.5 Å². The Kier molecular flexibility index (Phi) is 5.86. The molecule has 1 fully saturated rings. The van der Waals surface area contributed by atoms with Gasteiger partial charge in [0.05, 0.1) is 21.9 Å². The van der Waals surface area contributed by atoms with Crippen LogP contribution in [0.1, 0.15) is 22.3 Å². The van der Waals surface area contributed by atoms with Crippen LogP contribution in [0.3, 0.4) is 0 Å². The molecule has 1 aromatic heterocycles. The van der Waals surface area contributed by atoms with Gasteiger partial charge in [-0.25, -0.2) is 12.4 Å². The summed E-state index contributed by atoms with van der Waals surface area (Å²) >= 11 is 0.865. The lowest BCUT2D eigenvalue weighted by atomic mass is 10.1. The number of aryl methyl sites for hydroxylation is 2. The first kappa shape index (κ1) is 23.1. The maximum atomic E-state index is 13.4. The van der Waals surface area contributed by atoms with Gasteiger partial charge in [0.1, 0.15) is 0 Å². The van der Waals surface area contributed by atoms with Crippen LogP contribution in [0.25, 0.3) is 17.0 Å². The minimum absolute atomic E-state index is 0.175. The molecule has 0 saturated carbocycles. The van der Waals surface area contributed by atoms with Crippen molar-refractivity contribution in [3.8, 4) is 0 Å². The number of carbonyl (C=O) groups is 2. The Hall–Kier alpha value is -3.62. The molecule has 0 unspecified atom stereocenters. The first-order valence-electron chi connectivity index (χ1n) is 11.0. The van der Waals surface area contributed by atoms with Gasteiger partial charge in [0.15, 0.2) is 0 Å². The van der Waals surface area contributed by atoms with Crippen molar-refractivity contribution in [2.75, 3.05) is 0 Å². The van der Waals surface area contributed by atoms with Crippen molar-refractivity contribution in [3.63, 3.8) is 0 Å². The van der Waals surface area contributed by atoms with Crippen molar-refractivity contribution < 1.29 is 18.0 Å². The summed E-state index contributed by atoms with van der Waals surface area (Å²) < 4.78 is 28.1. The average Bonchev–Trinajstić information content (AvgIpc) is 3.34. The second-order valence-corrected chi connectivity index (χ2v) is 11.2. The number of aromatic nitrogens is 1. The van der Waals surface area contributed by atoms with E-state index >= 15 is 0 Å². The Bertz CT molecular complexity index is 1620. The molecule has 35 heavy (non-hydrogen) atoms. The number of benzene rings is 3. The zero-order valence-electron chi connectivity index (χ0n) is 19.1. The van der Waals surface area contributed by atoms with E-state index in [1.807, 2.05) is 44.2 Å². The molecule has 1 aliphatic heterocycles. The van der Waals surface area contributed by atoms with E-state index in [2.05, 4.69) is 0 Å². The van der Waals surface area contributed by atoms with Crippen LogP contribution in [0.15, 0.2) is 88.8 Å². The zero-order chi connectivity index (χ0) is 24.7. The summed E-state index contributed by atoms with van der Waals surface area (Å²) in [7, 11) is -3.86. The number of fused-ring (bicyclic) bond motifs is 1. The fraction of sp³-hybridized carbons (Fsp3) is 0.111. The standard InChI is InChI=1S/C27H22N2O4S2/c1-18-11-13-22(14-12-18)35(32,33)29-17-21(23-9-5-6-10-24(23)29)15-25-26(30)28(27(31)34-25)16-20-8-4-3-7-19(20)2/h3-15,17H,16H2,1-2H3/b25-15-. The highest BCUT2D eigenvalue weighted by Gasteiger charge is 2.35. The van der Waals surface area contributed by atoms with Crippen LogP contribution >= 0.6 is 11.8 Å². The first-order chi connectivity index (χ1) is 16.8. The molecule has 5 rings (SSSR count). The van der Waals surface area contributed by atoms with E-state index in [0.29, 0.717) is 16.5 Å². The van der Waals surface area contributed by atoms with Gasteiger partial charge in [-0.1, -0.05) is 60.2 Å². The van der Waals surface area contributed by atoms with Gasteiger partial charge in [0.2, 0.25) is 0 Å². The Labute approximate surface area is 207 Å². The van der Waals surface area contributed by atoms with E-state index in [9.17, 15) is 18.0 Å². The lowest BCUT2D eigenvalue weighted by Crippen LogP contribution is -2.27. The maximum absolute atomic E-state index is 13.4. The van der Waals surface area contributed by atoms with Gasteiger partial charge in [-0.05, 0) is 61.0 Å². The van der Waals surface area contributed by atoms with Crippen molar-refractivity contribution in [2.24, 2.45) is 0 Å². The number of imide groups is 1. The van der Waals surface area contributed by atoms with Crippen LogP contribution in [0.4, 0.5) is 4.79 Å². The first-order valence-corrected chi connectivity index (χ1v) is 13.2. The van der Waals surface area contributed by atoms with Crippen LogP contribution in [-0.4, -0.2) is 28.4 Å². The smallest absolute Gasteiger partial charge is 0.268 e. The quantitative estimate of drug-likeness (QED) is 0.326. The molecule has 2 heterocycles. The Morgan fingerprint density at radius 1 is 0.886 bits per heavy atom. The summed E-state index contributed by atoms with van der Waals surface area (Å²) in [6, 6.07) is 21.4. The highest BCUT2D eigenvalue weighted by molar-refractivity contribution is 8.18. The molecular formula is C27H22N2O4S2. The lowest BCUT2D eigenvalue weighted by Gasteiger charge is -2.14. The Morgan fingerprint density at radius 2 is 1.57 bits per heavy atom. The molecule has 8 heteroatoms. The van der Waals surface area contributed by atoms with Gasteiger partial charge in [-0.15, -0.1) is 0 Å². The molecule has 4 aromatic rings. The van der Waals surface area contributed by atoms with E-state index in [1.165, 1.54) is 15.1 Å². The van der Waals surface area contributed by atoms with Crippen molar-refractivity contribution in [1.82, 2.24) is 8.87 Å². The third-order valence-corrected chi connectivity index (χ3v) is 8.63. The van der Waals surface area contributed by atoms with Crippen molar-refractivity contribution in [1.29, 1.82) is 0 Å². The lowest BCUT2D eigenvalue weighted by molar-refractivity contribution is -0.123. The minimum atomic E-state index is -3.86. The number of carbonyl (C=O) groups excluding carboxylic acids is 2. The Morgan fingerprint density at radius 3 is 2.31 bits per heavy atom. The van der Waals surface area contributed by atoms with E-state index in [4.69, 9.17) is 0 Å². The molecule has 0 spiro atoms. The van der Waals surface area contributed by atoms with Crippen molar-refractivity contribution in [2.45, 2.75) is 25.3 Å². The van der Waals surface area contributed by atoms with E-state index in [-0.39, 0.29) is 27.5 Å². The summed E-state index contributed by atoms with van der Waals surface area (Å²) in [5.74, 6) is -0.388. The molecule has 0 aliphatic carbocycles. The number of amides is 2. The van der Waals surface area contributed by atoms with Crippen molar-refractivity contribution in [3.05, 3.63) is 106 Å². The zero-order valence-corrected chi connectivity index (χ0v) is 20.8. The molecule has 3 aromatic carbocycles. The number of hydrogen-bond acceptors (Lipinski definition) is 5. The van der Waals surface area contributed by atoms with Crippen LogP contribution in [0.5, 0.6) is 0 Å². The van der Waals surface area contributed by atoms with Crippen LogP contribution in [-0.2, 0) is 21.4 Å². The van der Waals surface area contributed by atoms with Crippen LogP contribution in [0, 0.1) is 13.8 Å². The maximum Gasteiger partial charge on any atom is 0.293 e. The predicted molar refractivity (Wildman–Crippen MR) is 138 cm³/mol. The monoisotopic (exact) mass is 502 g/mol. The van der Waals surface area contributed by atoms with Crippen LogP contribution in [0.2, 0.25) is 0 Å². The highest BCUT2D eigenvalue weighted by Crippen LogP contribution is 2.36. The molecule has 0 atom stereocenters. The van der Waals surface area contributed by atoms with Gasteiger partial charge in [0, 0.05) is 17.1 Å². The second-order valence-electron chi connectivity index (χ2n) is 8.41. The molecular weight excluding hydrogens is 480 g/mol. The summed E-state index contributed by atoms with van der Waals surface area (Å²) in [5.41, 5.74) is 3.91. The van der Waals surface area contributed by atoms with Gasteiger partial charge in [-0.2, -0.15) is 0 Å². The molecule has 1 aliphatic rings. The molecule has 0 radical (unpaired) electrons. The summed E-state index contributed by atoms with van der Waals surface area (Å²) in [5, 5.41) is 0.328. The number of hydrogen-bond donors (Lipinski definition) is 0. The normalized spacial score (nSPS) is 15.5. The van der Waals surface area contributed by atoms with Crippen LogP contribution < -0.4 is 0 Å². The highest BCUT2D eigenvalue weighted by atomic mass is 32.2.